The van der Waals surface area contributed by atoms with Gasteiger partial charge in [0, 0.05) is 17.8 Å². The molecule has 0 bridgehead atoms. The van der Waals surface area contributed by atoms with E-state index in [1.54, 1.807) is 6.07 Å². The first-order valence-electron chi connectivity index (χ1n) is 7.20. The molecule has 0 heterocycles. The first kappa shape index (κ1) is 13.9. The molecule has 104 valence electrons. The number of rotatable bonds is 3. The standard InChI is InChI=1S/C16H24N2O/c1-11-4-3-5-13(8-11)10-18-16(19)14-7-6-12(2)15(17)9-14/h6-7,9,11,13H,3-5,8,10,17H2,1-2H3,(H,18,19). The summed E-state index contributed by atoms with van der Waals surface area (Å²) in [5.41, 5.74) is 8.19. The number of nitrogens with two attached hydrogens (primary N) is 1. The average molecular weight is 260 g/mol. The molecule has 2 atom stereocenters. The number of carbonyl (C=O) groups excluding carboxylic acids is 1. The van der Waals surface area contributed by atoms with Gasteiger partial charge in [0.1, 0.15) is 0 Å². The van der Waals surface area contributed by atoms with Gasteiger partial charge in [-0.1, -0.05) is 25.8 Å². The van der Waals surface area contributed by atoms with Crippen molar-refractivity contribution in [3.05, 3.63) is 29.3 Å². The van der Waals surface area contributed by atoms with Gasteiger partial charge in [-0.25, -0.2) is 0 Å². The highest BCUT2D eigenvalue weighted by Crippen LogP contribution is 2.28. The van der Waals surface area contributed by atoms with Crippen LogP contribution in [-0.4, -0.2) is 12.5 Å². The number of anilines is 1. The topological polar surface area (TPSA) is 55.1 Å². The van der Waals surface area contributed by atoms with Crippen LogP contribution < -0.4 is 11.1 Å². The summed E-state index contributed by atoms with van der Waals surface area (Å²) in [6.45, 7) is 5.03. The molecule has 0 aromatic heterocycles. The first-order chi connectivity index (χ1) is 9.06. The van der Waals surface area contributed by atoms with Crippen molar-refractivity contribution in [3.63, 3.8) is 0 Å². The van der Waals surface area contributed by atoms with Crippen LogP contribution in [0.5, 0.6) is 0 Å². The van der Waals surface area contributed by atoms with Crippen molar-refractivity contribution in [2.45, 2.75) is 39.5 Å². The molecule has 0 saturated heterocycles. The molecule has 0 radical (unpaired) electrons. The van der Waals surface area contributed by atoms with Gasteiger partial charge in [-0.15, -0.1) is 0 Å². The van der Waals surface area contributed by atoms with Crippen molar-refractivity contribution in [1.82, 2.24) is 5.32 Å². The molecular formula is C16H24N2O. The predicted octanol–water partition coefficient (Wildman–Crippen LogP) is 3.13. The van der Waals surface area contributed by atoms with E-state index >= 15 is 0 Å². The van der Waals surface area contributed by atoms with Crippen LogP contribution in [-0.2, 0) is 0 Å². The molecule has 1 aliphatic carbocycles. The Morgan fingerprint density at radius 2 is 2.21 bits per heavy atom. The Balaban J connectivity index is 1.88. The van der Waals surface area contributed by atoms with E-state index < -0.39 is 0 Å². The number of aryl methyl sites for hydroxylation is 1. The molecule has 3 nitrogen and oxygen atoms in total. The van der Waals surface area contributed by atoms with Crippen molar-refractivity contribution < 1.29 is 4.79 Å². The van der Waals surface area contributed by atoms with Gasteiger partial charge in [-0.3, -0.25) is 4.79 Å². The minimum absolute atomic E-state index is 0.00933. The van der Waals surface area contributed by atoms with Crippen molar-refractivity contribution in [3.8, 4) is 0 Å². The number of nitrogen functional groups attached to an aromatic ring is 1. The molecule has 0 aliphatic heterocycles. The molecule has 1 aromatic rings. The zero-order valence-corrected chi connectivity index (χ0v) is 11.9. The smallest absolute Gasteiger partial charge is 0.251 e. The Bertz CT molecular complexity index is 456. The molecule has 2 unspecified atom stereocenters. The van der Waals surface area contributed by atoms with E-state index in [0.29, 0.717) is 17.2 Å². The largest absolute Gasteiger partial charge is 0.398 e. The minimum Gasteiger partial charge on any atom is -0.398 e. The lowest BCUT2D eigenvalue weighted by Crippen LogP contribution is -2.31. The molecule has 19 heavy (non-hydrogen) atoms. The summed E-state index contributed by atoms with van der Waals surface area (Å²) in [6.07, 6.45) is 5.09. The SMILES string of the molecule is Cc1ccc(C(=O)NCC2CCCC(C)C2)cc1N. The molecule has 3 heteroatoms. The number of hydrogen-bond donors (Lipinski definition) is 2. The van der Waals surface area contributed by atoms with E-state index in [1.807, 2.05) is 19.1 Å². The molecule has 2 rings (SSSR count). The third kappa shape index (κ3) is 3.72. The third-order valence-electron chi connectivity index (χ3n) is 4.14. The third-order valence-corrected chi connectivity index (χ3v) is 4.14. The lowest BCUT2D eigenvalue weighted by atomic mass is 9.82. The van der Waals surface area contributed by atoms with Crippen LogP contribution in [0, 0.1) is 18.8 Å². The maximum absolute atomic E-state index is 12.1. The fourth-order valence-corrected chi connectivity index (χ4v) is 2.87. The predicted molar refractivity (Wildman–Crippen MR) is 79.0 cm³/mol. The van der Waals surface area contributed by atoms with E-state index in [1.165, 1.54) is 25.7 Å². The lowest BCUT2D eigenvalue weighted by molar-refractivity contribution is 0.0940. The summed E-state index contributed by atoms with van der Waals surface area (Å²) >= 11 is 0. The van der Waals surface area contributed by atoms with Crippen LogP contribution in [0.4, 0.5) is 5.69 Å². The highest BCUT2D eigenvalue weighted by molar-refractivity contribution is 5.95. The summed E-state index contributed by atoms with van der Waals surface area (Å²) < 4.78 is 0. The minimum atomic E-state index is -0.00933. The molecule has 1 fully saturated rings. The fourth-order valence-electron chi connectivity index (χ4n) is 2.87. The molecule has 1 saturated carbocycles. The van der Waals surface area contributed by atoms with E-state index in [-0.39, 0.29) is 5.91 Å². The van der Waals surface area contributed by atoms with E-state index in [9.17, 15) is 4.79 Å². The average Bonchev–Trinajstić information content (AvgIpc) is 2.39. The van der Waals surface area contributed by atoms with E-state index in [0.717, 1.165) is 18.0 Å². The summed E-state index contributed by atoms with van der Waals surface area (Å²) in [4.78, 5) is 12.1. The zero-order valence-electron chi connectivity index (χ0n) is 11.9. The Labute approximate surface area is 115 Å². The summed E-state index contributed by atoms with van der Waals surface area (Å²) in [5, 5.41) is 3.04. The first-order valence-corrected chi connectivity index (χ1v) is 7.20. The highest BCUT2D eigenvalue weighted by atomic mass is 16.1. The van der Waals surface area contributed by atoms with Gasteiger partial charge in [0.25, 0.3) is 5.91 Å². The second-order valence-electron chi connectivity index (χ2n) is 5.92. The van der Waals surface area contributed by atoms with Gasteiger partial charge in [-0.2, -0.15) is 0 Å². The second kappa shape index (κ2) is 6.09. The number of nitrogens with one attached hydrogen (secondary N) is 1. The molecule has 1 aromatic carbocycles. The van der Waals surface area contributed by atoms with Crippen LogP contribution in [0.25, 0.3) is 0 Å². The van der Waals surface area contributed by atoms with Crippen LogP contribution in [0.15, 0.2) is 18.2 Å². The van der Waals surface area contributed by atoms with E-state index in [2.05, 4.69) is 12.2 Å². The Hall–Kier alpha value is -1.51. The van der Waals surface area contributed by atoms with Crippen LogP contribution in [0.3, 0.4) is 0 Å². The fraction of sp³-hybridized carbons (Fsp3) is 0.562. The molecule has 1 amide bonds. The molecule has 3 N–H and O–H groups in total. The highest BCUT2D eigenvalue weighted by Gasteiger charge is 2.19. The van der Waals surface area contributed by atoms with Crippen molar-refractivity contribution in [2.75, 3.05) is 12.3 Å². The quantitative estimate of drug-likeness (QED) is 0.820. The lowest BCUT2D eigenvalue weighted by Gasteiger charge is -2.26. The summed E-state index contributed by atoms with van der Waals surface area (Å²) in [5.74, 6) is 1.42. The van der Waals surface area contributed by atoms with Crippen LogP contribution in [0.2, 0.25) is 0 Å². The van der Waals surface area contributed by atoms with E-state index in [4.69, 9.17) is 5.73 Å². The van der Waals surface area contributed by atoms with Gasteiger partial charge < -0.3 is 11.1 Å². The monoisotopic (exact) mass is 260 g/mol. The zero-order chi connectivity index (χ0) is 13.8. The van der Waals surface area contributed by atoms with Gasteiger partial charge in [0.15, 0.2) is 0 Å². The van der Waals surface area contributed by atoms with Crippen molar-refractivity contribution in [1.29, 1.82) is 0 Å². The van der Waals surface area contributed by atoms with Crippen LogP contribution in [0.1, 0.15) is 48.5 Å². The normalized spacial score (nSPS) is 23.1. The molecule has 1 aliphatic rings. The number of carbonyl (C=O) groups is 1. The summed E-state index contributed by atoms with van der Waals surface area (Å²) in [7, 11) is 0. The Morgan fingerprint density at radius 1 is 1.42 bits per heavy atom. The number of benzene rings is 1. The summed E-state index contributed by atoms with van der Waals surface area (Å²) in [6, 6.07) is 5.49. The number of hydrogen-bond acceptors (Lipinski definition) is 2. The Kier molecular flexibility index (Phi) is 4.46. The van der Waals surface area contributed by atoms with Gasteiger partial charge >= 0.3 is 0 Å². The second-order valence-corrected chi connectivity index (χ2v) is 5.92. The maximum Gasteiger partial charge on any atom is 0.251 e. The van der Waals surface area contributed by atoms with Crippen LogP contribution >= 0.6 is 0 Å². The van der Waals surface area contributed by atoms with Crippen molar-refractivity contribution >= 4 is 11.6 Å². The number of amides is 1. The molecular weight excluding hydrogens is 236 g/mol. The van der Waals surface area contributed by atoms with Gasteiger partial charge in [-0.05, 0) is 49.3 Å². The van der Waals surface area contributed by atoms with Gasteiger partial charge in [0.05, 0.1) is 0 Å². The van der Waals surface area contributed by atoms with Gasteiger partial charge in [0.2, 0.25) is 0 Å². The molecule has 0 spiro atoms. The Morgan fingerprint density at radius 3 is 2.89 bits per heavy atom. The van der Waals surface area contributed by atoms with Crippen molar-refractivity contribution in [2.24, 2.45) is 11.8 Å². The maximum atomic E-state index is 12.1.